The average molecular weight is 328 g/mol. The van der Waals surface area contributed by atoms with Crippen LogP contribution in [0, 0.1) is 18.7 Å². The Kier molecular flexibility index (Phi) is 4.74. The smallest absolute Gasteiger partial charge is 0.315 e. The Morgan fingerprint density at radius 3 is 3.00 bits per heavy atom. The molecule has 1 aliphatic carbocycles. The number of fused-ring (bicyclic) bond motifs is 1. The number of nitrogens with zero attached hydrogens (tertiary/aromatic N) is 2. The molecule has 2 amide bonds. The third-order valence-electron chi connectivity index (χ3n) is 4.46. The van der Waals surface area contributed by atoms with Crippen LogP contribution in [0.1, 0.15) is 42.0 Å². The van der Waals surface area contributed by atoms with Crippen molar-refractivity contribution in [3.63, 3.8) is 0 Å². The molecule has 0 bridgehead atoms. The normalized spacial score (nSPS) is 19.5. The predicted molar refractivity (Wildman–Crippen MR) is 88.8 cm³/mol. The molecule has 0 fully saturated rings. The van der Waals surface area contributed by atoms with Crippen molar-refractivity contribution in [1.29, 1.82) is 0 Å². The van der Waals surface area contributed by atoms with E-state index in [4.69, 9.17) is 0 Å². The molecular formula is C18H21FN4O. The summed E-state index contributed by atoms with van der Waals surface area (Å²) in [5.41, 5.74) is 2.34. The Labute approximate surface area is 140 Å². The van der Waals surface area contributed by atoms with Gasteiger partial charge in [-0.15, -0.1) is 0 Å². The van der Waals surface area contributed by atoms with Crippen LogP contribution in [0.5, 0.6) is 0 Å². The highest BCUT2D eigenvalue weighted by atomic mass is 19.1. The second-order valence-electron chi connectivity index (χ2n) is 6.22. The van der Waals surface area contributed by atoms with Crippen LogP contribution in [0.25, 0.3) is 0 Å². The zero-order valence-corrected chi connectivity index (χ0v) is 13.8. The standard InChI is InChI=1S/C18H21FN4O/c1-11-6-7-14-15(4-3-5-16(14)19)17(11)23-18(24)21-10-13-8-9-20-12(2)22-13/h3-5,8-9,11,17H,6-7,10H2,1-2H3,(H2,21,23,24)/t11-,17-/m1/s1. The first-order valence-electron chi connectivity index (χ1n) is 8.15. The minimum atomic E-state index is -0.278. The molecule has 2 aromatic rings. The summed E-state index contributed by atoms with van der Waals surface area (Å²) in [7, 11) is 0. The van der Waals surface area contributed by atoms with Crippen molar-refractivity contribution in [1.82, 2.24) is 20.6 Å². The number of aromatic nitrogens is 2. The fourth-order valence-electron chi connectivity index (χ4n) is 3.16. The molecule has 6 heteroatoms. The fraction of sp³-hybridized carbons (Fsp3) is 0.389. The number of urea groups is 1. The molecule has 0 unspecified atom stereocenters. The van der Waals surface area contributed by atoms with Crippen LogP contribution in [0.4, 0.5) is 9.18 Å². The van der Waals surface area contributed by atoms with Gasteiger partial charge in [-0.3, -0.25) is 0 Å². The third kappa shape index (κ3) is 3.53. The highest BCUT2D eigenvalue weighted by Crippen LogP contribution is 2.35. The number of hydrogen-bond donors (Lipinski definition) is 2. The molecule has 2 atom stereocenters. The Balaban J connectivity index is 1.67. The highest BCUT2D eigenvalue weighted by Gasteiger charge is 2.29. The first-order chi connectivity index (χ1) is 11.5. The zero-order chi connectivity index (χ0) is 17.1. The molecule has 24 heavy (non-hydrogen) atoms. The van der Waals surface area contributed by atoms with E-state index < -0.39 is 0 Å². The number of halogens is 1. The van der Waals surface area contributed by atoms with Gasteiger partial charge in [0, 0.05) is 6.20 Å². The van der Waals surface area contributed by atoms with Crippen LogP contribution in [0.2, 0.25) is 0 Å². The van der Waals surface area contributed by atoms with Crippen LogP contribution >= 0.6 is 0 Å². The second kappa shape index (κ2) is 6.95. The Bertz CT molecular complexity index is 750. The lowest BCUT2D eigenvalue weighted by molar-refractivity contribution is 0.229. The van der Waals surface area contributed by atoms with Gasteiger partial charge >= 0.3 is 6.03 Å². The van der Waals surface area contributed by atoms with Crippen LogP contribution < -0.4 is 10.6 Å². The Morgan fingerprint density at radius 2 is 2.21 bits per heavy atom. The van der Waals surface area contributed by atoms with Crippen LogP contribution in [-0.2, 0) is 13.0 Å². The number of hydrogen-bond acceptors (Lipinski definition) is 3. The summed E-state index contributed by atoms with van der Waals surface area (Å²) in [5, 5.41) is 5.78. The van der Waals surface area contributed by atoms with E-state index in [0.29, 0.717) is 24.4 Å². The van der Waals surface area contributed by atoms with E-state index >= 15 is 0 Å². The van der Waals surface area contributed by atoms with Gasteiger partial charge in [-0.1, -0.05) is 19.1 Å². The molecule has 1 aromatic carbocycles. The van der Waals surface area contributed by atoms with Gasteiger partial charge in [0.2, 0.25) is 0 Å². The zero-order valence-electron chi connectivity index (χ0n) is 13.8. The molecule has 2 N–H and O–H groups in total. The summed E-state index contributed by atoms with van der Waals surface area (Å²) in [6.45, 7) is 4.21. The average Bonchev–Trinajstić information content (AvgIpc) is 2.56. The summed E-state index contributed by atoms with van der Waals surface area (Å²) >= 11 is 0. The van der Waals surface area contributed by atoms with Crippen molar-refractivity contribution in [2.45, 2.75) is 39.3 Å². The number of nitrogens with one attached hydrogen (secondary N) is 2. The maximum atomic E-state index is 14.0. The largest absolute Gasteiger partial charge is 0.332 e. The first-order valence-corrected chi connectivity index (χ1v) is 8.15. The quantitative estimate of drug-likeness (QED) is 0.910. The number of aryl methyl sites for hydroxylation is 1. The summed E-state index contributed by atoms with van der Waals surface area (Å²) in [4.78, 5) is 20.5. The second-order valence-corrected chi connectivity index (χ2v) is 6.22. The SMILES string of the molecule is Cc1nccc(CNC(=O)N[C@H]2c3cccc(F)c3CC[C@H]2C)n1. The number of carbonyl (C=O) groups excluding carboxylic acids is 1. The summed E-state index contributed by atoms with van der Waals surface area (Å²) in [6.07, 6.45) is 3.23. The molecule has 0 radical (unpaired) electrons. The van der Waals surface area contributed by atoms with Gasteiger partial charge in [0.15, 0.2) is 0 Å². The summed E-state index contributed by atoms with van der Waals surface area (Å²) in [5.74, 6) is 0.731. The van der Waals surface area contributed by atoms with Crippen molar-refractivity contribution < 1.29 is 9.18 Å². The Morgan fingerprint density at radius 1 is 1.38 bits per heavy atom. The third-order valence-corrected chi connectivity index (χ3v) is 4.46. The van der Waals surface area contributed by atoms with Gasteiger partial charge < -0.3 is 10.6 Å². The molecule has 5 nitrogen and oxygen atoms in total. The van der Waals surface area contributed by atoms with E-state index in [0.717, 1.165) is 17.7 Å². The molecule has 0 spiro atoms. The molecule has 3 rings (SSSR count). The van der Waals surface area contributed by atoms with Gasteiger partial charge in [0.25, 0.3) is 0 Å². The molecule has 1 aliphatic rings. The van der Waals surface area contributed by atoms with Crippen molar-refractivity contribution >= 4 is 6.03 Å². The molecule has 1 aromatic heterocycles. The van der Waals surface area contributed by atoms with E-state index in [9.17, 15) is 9.18 Å². The minimum Gasteiger partial charge on any atom is -0.332 e. The van der Waals surface area contributed by atoms with Gasteiger partial charge in [-0.05, 0) is 48.9 Å². The van der Waals surface area contributed by atoms with E-state index in [1.165, 1.54) is 6.07 Å². The van der Waals surface area contributed by atoms with Crippen molar-refractivity contribution in [3.8, 4) is 0 Å². The predicted octanol–water partition coefficient (Wildman–Crippen LogP) is 3.05. The molecule has 0 saturated heterocycles. The van der Waals surface area contributed by atoms with Crippen molar-refractivity contribution in [3.05, 3.63) is 58.9 Å². The summed E-state index contributed by atoms with van der Waals surface area (Å²) < 4.78 is 14.0. The summed E-state index contributed by atoms with van der Waals surface area (Å²) in [6, 6.07) is 6.37. The number of benzene rings is 1. The lowest BCUT2D eigenvalue weighted by Gasteiger charge is -2.32. The molecule has 0 saturated carbocycles. The van der Waals surface area contributed by atoms with E-state index in [1.54, 1.807) is 25.3 Å². The van der Waals surface area contributed by atoms with Crippen molar-refractivity contribution in [2.75, 3.05) is 0 Å². The lowest BCUT2D eigenvalue weighted by Crippen LogP contribution is -2.41. The van der Waals surface area contributed by atoms with E-state index in [-0.39, 0.29) is 23.8 Å². The molecule has 1 heterocycles. The maximum absolute atomic E-state index is 14.0. The van der Waals surface area contributed by atoms with Crippen molar-refractivity contribution in [2.24, 2.45) is 5.92 Å². The van der Waals surface area contributed by atoms with E-state index in [1.807, 2.05) is 6.07 Å². The van der Waals surface area contributed by atoms with E-state index in [2.05, 4.69) is 27.5 Å². The van der Waals surface area contributed by atoms with Gasteiger partial charge in [-0.25, -0.2) is 19.2 Å². The van der Waals surface area contributed by atoms with Crippen LogP contribution in [0.3, 0.4) is 0 Å². The van der Waals surface area contributed by atoms with Crippen LogP contribution in [0.15, 0.2) is 30.5 Å². The van der Waals surface area contributed by atoms with Gasteiger partial charge in [-0.2, -0.15) is 0 Å². The molecule has 0 aliphatic heterocycles. The number of amides is 2. The molecule has 126 valence electrons. The maximum Gasteiger partial charge on any atom is 0.315 e. The fourth-order valence-corrected chi connectivity index (χ4v) is 3.16. The number of carbonyl (C=O) groups is 1. The minimum absolute atomic E-state index is 0.184. The van der Waals surface area contributed by atoms with Crippen LogP contribution in [-0.4, -0.2) is 16.0 Å². The monoisotopic (exact) mass is 328 g/mol. The Hall–Kier alpha value is -2.50. The van der Waals surface area contributed by atoms with Gasteiger partial charge in [0.1, 0.15) is 11.6 Å². The highest BCUT2D eigenvalue weighted by molar-refractivity contribution is 5.74. The van der Waals surface area contributed by atoms with Gasteiger partial charge in [0.05, 0.1) is 18.3 Å². The number of rotatable bonds is 3. The lowest BCUT2D eigenvalue weighted by atomic mass is 9.80. The topological polar surface area (TPSA) is 66.9 Å². The molecular weight excluding hydrogens is 307 g/mol. The first kappa shape index (κ1) is 16.4.